The first kappa shape index (κ1) is 15.1. The molecule has 1 aliphatic heterocycles. The monoisotopic (exact) mass is 309 g/mol. The van der Waals surface area contributed by atoms with Crippen LogP contribution in [0.2, 0.25) is 5.02 Å². The number of halogens is 1. The molecule has 3 nitrogen and oxygen atoms in total. The van der Waals surface area contributed by atoms with Gasteiger partial charge in [0.25, 0.3) is 0 Å². The summed E-state index contributed by atoms with van der Waals surface area (Å²) in [5, 5.41) is 11.0. The van der Waals surface area contributed by atoms with E-state index in [2.05, 4.69) is 4.90 Å². The van der Waals surface area contributed by atoms with Crippen LogP contribution in [0.1, 0.15) is 32.1 Å². The molecule has 21 heavy (non-hydrogen) atoms. The van der Waals surface area contributed by atoms with Crippen molar-refractivity contribution in [3.8, 4) is 5.75 Å². The second-order valence-corrected chi connectivity index (χ2v) is 6.81. The molecule has 1 heterocycles. The number of benzene rings is 1. The maximum absolute atomic E-state index is 10.3. The van der Waals surface area contributed by atoms with E-state index in [0.29, 0.717) is 5.02 Å². The molecule has 1 aromatic rings. The van der Waals surface area contributed by atoms with E-state index in [1.807, 2.05) is 24.3 Å². The highest BCUT2D eigenvalue weighted by Gasteiger charge is 2.30. The van der Waals surface area contributed by atoms with E-state index in [1.54, 1.807) is 0 Å². The summed E-state index contributed by atoms with van der Waals surface area (Å²) in [5.41, 5.74) is 0. The van der Waals surface area contributed by atoms with Gasteiger partial charge in [-0.3, -0.25) is 0 Å². The van der Waals surface area contributed by atoms with Crippen LogP contribution >= 0.6 is 11.6 Å². The lowest BCUT2D eigenvalue weighted by Gasteiger charge is -2.37. The molecule has 1 saturated carbocycles. The van der Waals surface area contributed by atoms with Crippen LogP contribution < -0.4 is 4.74 Å². The third kappa shape index (κ3) is 4.12. The Morgan fingerprint density at radius 1 is 1.14 bits per heavy atom. The molecular weight excluding hydrogens is 286 g/mol. The zero-order valence-corrected chi connectivity index (χ0v) is 13.1. The van der Waals surface area contributed by atoms with Crippen LogP contribution in [0.4, 0.5) is 0 Å². The normalized spacial score (nSPS) is 27.9. The first-order chi connectivity index (χ1) is 10.2. The van der Waals surface area contributed by atoms with Gasteiger partial charge in [0.05, 0.1) is 0 Å². The molecule has 2 aliphatic rings. The maximum Gasteiger partial charge on any atom is 0.127 e. The van der Waals surface area contributed by atoms with Crippen molar-refractivity contribution in [2.75, 3.05) is 19.6 Å². The summed E-state index contributed by atoms with van der Waals surface area (Å²) in [4.78, 5) is 2.41. The van der Waals surface area contributed by atoms with Gasteiger partial charge in [0.15, 0.2) is 0 Å². The van der Waals surface area contributed by atoms with Crippen molar-refractivity contribution in [2.45, 2.75) is 44.3 Å². The van der Waals surface area contributed by atoms with Crippen LogP contribution in [0.25, 0.3) is 0 Å². The van der Waals surface area contributed by atoms with Crippen LogP contribution in [0.15, 0.2) is 24.3 Å². The van der Waals surface area contributed by atoms with Crippen molar-refractivity contribution in [3.05, 3.63) is 29.3 Å². The van der Waals surface area contributed by atoms with E-state index in [9.17, 15) is 5.11 Å². The van der Waals surface area contributed by atoms with Crippen LogP contribution in [0.5, 0.6) is 5.75 Å². The van der Waals surface area contributed by atoms with Gasteiger partial charge < -0.3 is 14.7 Å². The quantitative estimate of drug-likeness (QED) is 0.926. The van der Waals surface area contributed by atoms with Crippen molar-refractivity contribution in [1.29, 1.82) is 0 Å². The maximum atomic E-state index is 10.3. The summed E-state index contributed by atoms with van der Waals surface area (Å²) in [6.45, 7) is 2.89. The smallest absolute Gasteiger partial charge is 0.127 e. The zero-order chi connectivity index (χ0) is 14.7. The standard InChI is InChI=1S/C17H24ClNO2/c18-14-5-7-15(8-6-14)21-17-9-10-19(12-16(17)20)11-13-3-1-2-4-13/h5-8,13,16-17,20H,1-4,9-12H2/t16-,17-/m1/s1. The van der Waals surface area contributed by atoms with Gasteiger partial charge in [0.1, 0.15) is 18.0 Å². The second kappa shape index (κ2) is 6.99. The molecule has 116 valence electrons. The number of aliphatic hydroxyl groups excluding tert-OH is 1. The van der Waals surface area contributed by atoms with Crippen molar-refractivity contribution in [1.82, 2.24) is 4.90 Å². The third-order valence-corrected chi connectivity index (χ3v) is 4.95. The minimum Gasteiger partial charge on any atom is -0.488 e. The van der Waals surface area contributed by atoms with E-state index < -0.39 is 6.10 Å². The fourth-order valence-electron chi connectivity index (χ4n) is 3.52. The lowest BCUT2D eigenvalue weighted by atomic mass is 10.0. The fraction of sp³-hybridized carbons (Fsp3) is 0.647. The summed E-state index contributed by atoms with van der Waals surface area (Å²) in [7, 11) is 0. The number of aliphatic hydroxyl groups is 1. The topological polar surface area (TPSA) is 32.7 Å². The van der Waals surface area contributed by atoms with E-state index in [4.69, 9.17) is 16.3 Å². The minimum atomic E-state index is -0.407. The van der Waals surface area contributed by atoms with Gasteiger partial charge in [-0.1, -0.05) is 24.4 Å². The molecule has 0 unspecified atom stereocenters. The van der Waals surface area contributed by atoms with Gasteiger partial charge in [0, 0.05) is 24.7 Å². The predicted molar refractivity (Wildman–Crippen MR) is 84.9 cm³/mol. The van der Waals surface area contributed by atoms with Crippen LogP contribution in [-0.2, 0) is 0 Å². The lowest BCUT2D eigenvalue weighted by molar-refractivity contribution is -0.0286. The van der Waals surface area contributed by atoms with Crippen molar-refractivity contribution in [2.24, 2.45) is 5.92 Å². The van der Waals surface area contributed by atoms with Crippen molar-refractivity contribution >= 4 is 11.6 Å². The van der Waals surface area contributed by atoms with E-state index in [-0.39, 0.29) is 6.10 Å². The number of hydrogen-bond acceptors (Lipinski definition) is 3. The minimum absolute atomic E-state index is 0.106. The Morgan fingerprint density at radius 2 is 1.86 bits per heavy atom. The third-order valence-electron chi connectivity index (χ3n) is 4.70. The number of rotatable bonds is 4. The molecular formula is C17H24ClNO2. The number of nitrogens with zero attached hydrogens (tertiary/aromatic N) is 1. The van der Waals surface area contributed by atoms with E-state index in [0.717, 1.165) is 37.7 Å². The van der Waals surface area contributed by atoms with Crippen LogP contribution in [-0.4, -0.2) is 41.8 Å². The number of likely N-dealkylation sites (tertiary alicyclic amines) is 1. The summed E-state index contributed by atoms with van der Waals surface area (Å²) in [6.07, 6.45) is 5.85. The molecule has 4 heteroatoms. The van der Waals surface area contributed by atoms with E-state index in [1.165, 1.54) is 25.7 Å². The summed E-state index contributed by atoms with van der Waals surface area (Å²) < 4.78 is 5.91. The average Bonchev–Trinajstić information content (AvgIpc) is 2.97. The molecule has 0 radical (unpaired) electrons. The second-order valence-electron chi connectivity index (χ2n) is 6.38. The molecule has 0 amide bonds. The number of β-amino-alcohol motifs (C(OH)–C–C–N with tert-alkyl or cyclic N) is 1. The highest BCUT2D eigenvalue weighted by Crippen LogP contribution is 2.27. The van der Waals surface area contributed by atoms with Crippen molar-refractivity contribution < 1.29 is 9.84 Å². The molecule has 0 spiro atoms. The number of hydrogen-bond donors (Lipinski definition) is 1. The van der Waals surface area contributed by atoms with Gasteiger partial charge in [-0.25, -0.2) is 0 Å². The highest BCUT2D eigenvalue weighted by molar-refractivity contribution is 6.30. The summed E-state index contributed by atoms with van der Waals surface area (Å²) in [6, 6.07) is 7.36. The number of ether oxygens (including phenoxy) is 1. The molecule has 2 atom stereocenters. The van der Waals surface area contributed by atoms with Gasteiger partial charge in [-0.2, -0.15) is 0 Å². The molecule has 2 fully saturated rings. The Hall–Kier alpha value is -0.770. The Labute approximate surface area is 131 Å². The Bertz CT molecular complexity index is 445. The number of piperidine rings is 1. The van der Waals surface area contributed by atoms with Crippen molar-refractivity contribution in [3.63, 3.8) is 0 Å². The molecule has 1 N–H and O–H groups in total. The van der Waals surface area contributed by atoms with Gasteiger partial charge in [-0.05, 0) is 49.4 Å². The Balaban J connectivity index is 1.49. The van der Waals surface area contributed by atoms with Crippen LogP contribution in [0, 0.1) is 5.92 Å². The summed E-state index contributed by atoms with van der Waals surface area (Å²) in [5.74, 6) is 1.62. The van der Waals surface area contributed by atoms with Crippen LogP contribution in [0.3, 0.4) is 0 Å². The SMILES string of the molecule is O[C@@H]1CN(CC2CCCC2)CC[C@H]1Oc1ccc(Cl)cc1. The lowest BCUT2D eigenvalue weighted by Crippen LogP contribution is -2.50. The van der Waals surface area contributed by atoms with E-state index >= 15 is 0 Å². The largest absolute Gasteiger partial charge is 0.488 e. The first-order valence-corrected chi connectivity index (χ1v) is 8.41. The van der Waals surface area contributed by atoms with Gasteiger partial charge in [0.2, 0.25) is 0 Å². The zero-order valence-electron chi connectivity index (χ0n) is 12.4. The molecule has 1 aliphatic carbocycles. The first-order valence-electron chi connectivity index (χ1n) is 8.03. The molecule has 3 rings (SSSR count). The molecule has 1 aromatic carbocycles. The average molecular weight is 310 g/mol. The highest BCUT2D eigenvalue weighted by atomic mass is 35.5. The Morgan fingerprint density at radius 3 is 2.52 bits per heavy atom. The molecule has 0 aromatic heterocycles. The van der Waals surface area contributed by atoms with Gasteiger partial charge in [-0.15, -0.1) is 0 Å². The Kier molecular flexibility index (Phi) is 5.04. The van der Waals surface area contributed by atoms with Gasteiger partial charge >= 0.3 is 0 Å². The molecule has 0 bridgehead atoms. The molecule has 1 saturated heterocycles. The predicted octanol–water partition coefficient (Wildman–Crippen LogP) is 3.34. The fourth-order valence-corrected chi connectivity index (χ4v) is 3.65. The summed E-state index contributed by atoms with van der Waals surface area (Å²) >= 11 is 5.87.